The number of ether oxygens (including phenoxy) is 1. The minimum Gasteiger partial charge on any atom is -0.457 e. The zero-order chi connectivity index (χ0) is 38.2. The molecule has 2 aliphatic rings. The molecule has 12 rings (SSSR count). The summed E-state index contributed by atoms with van der Waals surface area (Å²) < 4.78 is 6.62. The summed E-state index contributed by atoms with van der Waals surface area (Å²) in [7, 11) is 0. The number of nitrogens with zero attached hydrogens (tertiary/aromatic N) is 3. The van der Waals surface area contributed by atoms with Crippen LogP contribution in [0.1, 0.15) is 22.3 Å². The van der Waals surface area contributed by atoms with Gasteiger partial charge in [0.2, 0.25) is 0 Å². The summed E-state index contributed by atoms with van der Waals surface area (Å²) in [6, 6.07) is 71.0. The monoisotopic (exact) mass is 739 g/mol. The Bertz CT molecular complexity index is 3160. The third kappa shape index (κ3) is 4.79. The van der Waals surface area contributed by atoms with Gasteiger partial charge in [0.1, 0.15) is 11.5 Å². The Kier molecular flexibility index (Phi) is 7.11. The molecule has 0 bridgehead atoms. The van der Waals surface area contributed by atoms with Crippen molar-refractivity contribution in [2.24, 2.45) is 0 Å². The van der Waals surface area contributed by atoms with E-state index < -0.39 is 5.41 Å². The summed E-state index contributed by atoms with van der Waals surface area (Å²) in [6.45, 7) is 0. The molecule has 0 unspecified atom stereocenters. The first-order valence-electron chi connectivity index (χ1n) is 19.7. The minimum atomic E-state index is -0.537. The Labute approximate surface area is 335 Å². The number of rotatable bonds is 4. The Balaban J connectivity index is 1.03. The first-order valence-corrected chi connectivity index (χ1v) is 19.7. The van der Waals surface area contributed by atoms with E-state index in [2.05, 4.69) is 140 Å². The minimum absolute atomic E-state index is 0.537. The second kappa shape index (κ2) is 12.7. The summed E-state index contributed by atoms with van der Waals surface area (Å²) >= 11 is 0. The van der Waals surface area contributed by atoms with Crippen molar-refractivity contribution in [2.45, 2.75) is 5.41 Å². The topological polar surface area (TPSA) is 47.9 Å². The molecule has 2 heterocycles. The largest absolute Gasteiger partial charge is 0.457 e. The van der Waals surface area contributed by atoms with Gasteiger partial charge in [-0.25, -0.2) is 15.0 Å². The number of benzene rings is 9. The molecule has 0 saturated heterocycles. The van der Waals surface area contributed by atoms with Gasteiger partial charge >= 0.3 is 0 Å². The van der Waals surface area contributed by atoms with Gasteiger partial charge < -0.3 is 4.74 Å². The Morgan fingerprint density at radius 3 is 1.45 bits per heavy atom. The quantitative estimate of drug-likeness (QED) is 0.180. The van der Waals surface area contributed by atoms with E-state index in [-0.39, 0.29) is 0 Å². The van der Waals surface area contributed by atoms with E-state index in [4.69, 9.17) is 19.7 Å². The lowest BCUT2D eigenvalue weighted by Gasteiger charge is -2.40. The van der Waals surface area contributed by atoms with Crippen molar-refractivity contribution < 1.29 is 4.74 Å². The summed E-state index contributed by atoms with van der Waals surface area (Å²) in [5.74, 6) is 3.75. The molecule has 0 fully saturated rings. The van der Waals surface area contributed by atoms with Gasteiger partial charge in [0.15, 0.2) is 17.5 Å². The molecule has 4 heteroatoms. The highest BCUT2D eigenvalue weighted by Crippen LogP contribution is 2.64. The first kappa shape index (κ1) is 32.5. The molecule has 0 N–H and O–H groups in total. The van der Waals surface area contributed by atoms with Gasteiger partial charge in [0, 0.05) is 27.8 Å². The summed E-state index contributed by atoms with van der Waals surface area (Å²) in [6.07, 6.45) is 0. The molecule has 58 heavy (non-hydrogen) atoms. The van der Waals surface area contributed by atoms with Crippen LogP contribution < -0.4 is 4.74 Å². The lowest BCUT2D eigenvalue weighted by Crippen LogP contribution is -2.32. The standard InChI is InChI=1S/C54H33N3O/c1-3-15-34(16-4-1)51-55-52(35-17-5-2-6-18-35)57-53(56-51)39-30-28-36-31-38(29-27-37(36)32-39)43-33-44-41-20-9-10-22-45(41)54(50(44)42-21-8-7-19-40(42)43)46-23-11-13-25-48(46)58-49-26-14-12-24-47(49)54/h1-33H. The molecule has 0 atom stereocenters. The van der Waals surface area contributed by atoms with E-state index in [1.54, 1.807) is 0 Å². The molecule has 9 aromatic carbocycles. The Morgan fingerprint density at radius 2 is 0.810 bits per heavy atom. The van der Waals surface area contributed by atoms with Crippen LogP contribution in [0.5, 0.6) is 11.5 Å². The van der Waals surface area contributed by atoms with Crippen molar-refractivity contribution in [3.05, 3.63) is 222 Å². The second-order valence-electron chi connectivity index (χ2n) is 15.1. The molecule has 10 aromatic rings. The molecular formula is C54H33N3O. The maximum absolute atomic E-state index is 6.62. The highest BCUT2D eigenvalue weighted by Gasteiger charge is 2.52. The van der Waals surface area contributed by atoms with E-state index in [9.17, 15) is 0 Å². The summed E-state index contributed by atoms with van der Waals surface area (Å²) in [4.78, 5) is 14.9. The molecule has 0 amide bonds. The number of fused-ring (bicyclic) bond motifs is 12. The van der Waals surface area contributed by atoms with Crippen LogP contribution in [0.15, 0.2) is 200 Å². The van der Waals surface area contributed by atoms with Crippen LogP contribution in [0.25, 0.3) is 78.0 Å². The van der Waals surface area contributed by atoms with Gasteiger partial charge in [-0.2, -0.15) is 0 Å². The van der Waals surface area contributed by atoms with Crippen molar-refractivity contribution >= 4 is 21.5 Å². The van der Waals surface area contributed by atoms with Crippen LogP contribution in [0.2, 0.25) is 0 Å². The predicted octanol–water partition coefficient (Wildman–Crippen LogP) is 13.3. The third-order valence-electron chi connectivity index (χ3n) is 12.0. The third-order valence-corrected chi connectivity index (χ3v) is 12.0. The maximum Gasteiger partial charge on any atom is 0.164 e. The van der Waals surface area contributed by atoms with Gasteiger partial charge in [0.05, 0.1) is 5.41 Å². The lowest BCUT2D eigenvalue weighted by atomic mass is 9.65. The van der Waals surface area contributed by atoms with Gasteiger partial charge in [0.25, 0.3) is 0 Å². The smallest absolute Gasteiger partial charge is 0.164 e. The fourth-order valence-electron chi connectivity index (χ4n) is 9.45. The van der Waals surface area contributed by atoms with E-state index in [1.807, 2.05) is 60.7 Å². The normalized spacial score (nSPS) is 13.1. The second-order valence-corrected chi connectivity index (χ2v) is 15.1. The molecule has 1 aliphatic heterocycles. The molecule has 1 aromatic heterocycles. The molecule has 270 valence electrons. The number of hydrogen-bond donors (Lipinski definition) is 0. The zero-order valence-electron chi connectivity index (χ0n) is 31.3. The van der Waals surface area contributed by atoms with Crippen molar-refractivity contribution in [1.29, 1.82) is 0 Å². The first-order chi connectivity index (χ1) is 28.7. The van der Waals surface area contributed by atoms with E-state index in [0.717, 1.165) is 39.0 Å². The molecular weight excluding hydrogens is 707 g/mol. The number of aromatic nitrogens is 3. The highest BCUT2D eigenvalue weighted by molar-refractivity contribution is 6.08. The van der Waals surface area contributed by atoms with Crippen LogP contribution >= 0.6 is 0 Å². The zero-order valence-corrected chi connectivity index (χ0v) is 31.3. The SMILES string of the molecule is c1ccc(-c2nc(-c3ccccc3)nc(-c3ccc4cc(-c5cc6c(c7ccccc57)C5(c7ccccc7Oc7ccccc75)c5ccccc5-6)ccc4c3)n2)cc1. The fourth-order valence-corrected chi connectivity index (χ4v) is 9.45. The van der Waals surface area contributed by atoms with Gasteiger partial charge in [-0.1, -0.05) is 170 Å². The van der Waals surface area contributed by atoms with E-state index in [1.165, 1.54) is 55.3 Å². The summed E-state index contributed by atoms with van der Waals surface area (Å²) in [5, 5.41) is 4.73. The Hall–Kier alpha value is -7.69. The number of para-hydroxylation sites is 2. The van der Waals surface area contributed by atoms with Crippen molar-refractivity contribution in [3.63, 3.8) is 0 Å². The predicted molar refractivity (Wildman–Crippen MR) is 234 cm³/mol. The van der Waals surface area contributed by atoms with E-state index >= 15 is 0 Å². The Morgan fingerprint density at radius 1 is 0.328 bits per heavy atom. The lowest BCUT2D eigenvalue weighted by molar-refractivity contribution is 0.437. The molecule has 4 nitrogen and oxygen atoms in total. The van der Waals surface area contributed by atoms with Crippen molar-refractivity contribution in [1.82, 2.24) is 15.0 Å². The van der Waals surface area contributed by atoms with Crippen molar-refractivity contribution in [2.75, 3.05) is 0 Å². The van der Waals surface area contributed by atoms with Crippen LogP contribution in [-0.2, 0) is 5.41 Å². The average molecular weight is 740 g/mol. The van der Waals surface area contributed by atoms with Crippen LogP contribution in [0.4, 0.5) is 0 Å². The molecule has 1 spiro atoms. The molecule has 0 radical (unpaired) electrons. The van der Waals surface area contributed by atoms with Crippen LogP contribution in [0.3, 0.4) is 0 Å². The van der Waals surface area contributed by atoms with Crippen molar-refractivity contribution in [3.8, 4) is 67.9 Å². The maximum atomic E-state index is 6.62. The fraction of sp³-hybridized carbons (Fsp3) is 0.0185. The molecule has 1 aliphatic carbocycles. The molecule has 0 saturated carbocycles. The van der Waals surface area contributed by atoms with Crippen LogP contribution in [-0.4, -0.2) is 15.0 Å². The number of hydrogen-bond acceptors (Lipinski definition) is 4. The van der Waals surface area contributed by atoms with Gasteiger partial charge in [-0.3, -0.25) is 0 Å². The summed E-state index contributed by atoms with van der Waals surface area (Å²) in [5.41, 5.74) is 12.1. The van der Waals surface area contributed by atoms with Crippen LogP contribution in [0, 0.1) is 0 Å². The average Bonchev–Trinajstić information content (AvgIpc) is 3.59. The highest BCUT2D eigenvalue weighted by atomic mass is 16.5. The van der Waals surface area contributed by atoms with Gasteiger partial charge in [-0.15, -0.1) is 0 Å². The van der Waals surface area contributed by atoms with E-state index in [0.29, 0.717) is 17.5 Å². The van der Waals surface area contributed by atoms with Gasteiger partial charge in [-0.05, 0) is 85.3 Å².